The van der Waals surface area contributed by atoms with E-state index in [4.69, 9.17) is 9.47 Å². The molecule has 10 heteroatoms. The fourth-order valence-corrected chi connectivity index (χ4v) is 5.33. The van der Waals surface area contributed by atoms with Crippen molar-refractivity contribution in [2.45, 2.75) is 62.8 Å². The Morgan fingerprint density at radius 1 is 1.09 bits per heavy atom. The van der Waals surface area contributed by atoms with Crippen molar-refractivity contribution in [2.24, 2.45) is 0 Å². The summed E-state index contributed by atoms with van der Waals surface area (Å²) in [4.78, 5) is 16.3. The number of amides is 1. The van der Waals surface area contributed by atoms with Crippen molar-refractivity contribution in [1.29, 1.82) is 0 Å². The number of nitrogens with zero attached hydrogens (tertiary/aromatic N) is 2. The molecular formula is C22H32FN3O5S. The Labute approximate surface area is 189 Å². The van der Waals surface area contributed by atoms with Crippen molar-refractivity contribution in [3.63, 3.8) is 0 Å². The van der Waals surface area contributed by atoms with Crippen LogP contribution in [-0.2, 0) is 19.5 Å². The molecule has 2 atom stereocenters. The molecule has 0 aromatic heterocycles. The van der Waals surface area contributed by atoms with E-state index in [0.717, 1.165) is 31.9 Å². The first-order valence-corrected chi connectivity index (χ1v) is 13.2. The largest absolute Gasteiger partial charge is 0.446 e. The number of hydrogen-bond acceptors (Lipinski definition) is 6. The van der Waals surface area contributed by atoms with Crippen molar-refractivity contribution < 1.29 is 27.1 Å². The first kappa shape index (κ1) is 23.3. The number of anilines is 1. The van der Waals surface area contributed by atoms with E-state index < -0.39 is 28.2 Å². The molecule has 1 saturated carbocycles. The molecule has 1 aliphatic carbocycles. The van der Waals surface area contributed by atoms with Crippen LogP contribution in [-0.4, -0.2) is 76.2 Å². The second kappa shape index (κ2) is 9.93. The lowest BCUT2D eigenvalue weighted by molar-refractivity contribution is -0.0214. The quantitative estimate of drug-likeness (QED) is 0.660. The van der Waals surface area contributed by atoms with Gasteiger partial charge in [0.25, 0.3) is 0 Å². The van der Waals surface area contributed by atoms with Crippen LogP contribution in [0.25, 0.3) is 0 Å². The van der Waals surface area contributed by atoms with Crippen molar-refractivity contribution in [3.8, 4) is 0 Å². The van der Waals surface area contributed by atoms with E-state index in [1.165, 1.54) is 6.07 Å². The smallest absolute Gasteiger partial charge is 0.410 e. The maximum absolute atomic E-state index is 14.1. The Morgan fingerprint density at radius 2 is 1.81 bits per heavy atom. The molecule has 3 fully saturated rings. The zero-order chi connectivity index (χ0) is 22.7. The fraction of sp³-hybridized carbons (Fsp3) is 0.682. The van der Waals surface area contributed by atoms with Gasteiger partial charge in [-0.2, -0.15) is 0 Å². The Kier molecular flexibility index (Phi) is 7.21. The SMILES string of the molecule is CS(=O)(=O)NC1CCCN(C(=O)OC2CC2)C1COC1CCN(c2ccccc2F)CC1. The lowest BCUT2D eigenvalue weighted by Gasteiger charge is -2.41. The molecule has 1 aromatic carbocycles. The highest BCUT2D eigenvalue weighted by Crippen LogP contribution is 2.28. The maximum atomic E-state index is 14.1. The summed E-state index contributed by atoms with van der Waals surface area (Å²) in [6.45, 7) is 2.11. The number of sulfonamides is 1. The van der Waals surface area contributed by atoms with Gasteiger partial charge in [0.1, 0.15) is 11.9 Å². The van der Waals surface area contributed by atoms with E-state index in [1.54, 1.807) is 17.0 Å². The molecule has 2 unspecified atom stereocenters. The summed E-state index contributed by atoms with van der Waals surface area (Å²) in [5, 5.41) is 0. The number of rotatable bonds is 7. The number of para-hydroxylation sites is 1. The summed E-state index contributed by atoms with van der Waals surface area (Å²) in [6, 6.07) is 5.92. The van der Waals surface area contributed by atoms with Gasteiger partial charge in [0.05, 0.1) is 30.7 Å². The summed E-state index contributed by atoms with van der Waals surface area (Å²) < 4.78 is 52.2. The third-order valence-electron chi connectivity index (χ3n) is 6.31. The average Bonchev–Trinajstić information content (AvgIpc) is 3.56. The molecule has 3 aliphatic rings. The highest BCUT2D eigenvalue weighted by molar-refractivity contribution is 7.88. The number of halogens is 1. The van der Waals surface area contributed by atoms with Crippen LogP contribution in [0.2, 0.25) is 0 Å². The molecule has 0 bridgehead atoms. The van der Waals surface area contributed by atoms with Gasteiger partial charge < -0.3 is 19.3 Å². The molecule has 0 radical (unpaired) electrons. The highest BCUT2D eigenvalue weighted by Gasteiger charge is 2.39. The van der Waals surface area contributed by atoms with Crippen LogP contribution in [0.4, 0.5) is 14.9 Å². The normalized spacial score (nSPS) is 25.1. The number of benzene rings is 1. The molecule has 32 heavy (non-hydrogen) atoms. The predicted octanol–water partition coefficient (Wildman–Crippen LogP) is 2.49. The van der Waals surface area contributed by atoms with Gasteiger partial charge >= 0.3 is 6.09 Å². The number of ether oxygens (including phenoxy) is 2. The Morgan fingerprint density at radius 3 is 2.47 bits per heavy atom. The lowest BCUT2D eigenvalue weighted by atomic mass is 9.97. The van der Waals surface area contributed by atoms with Gasteiger partial charge in [0.15, 0.2) is 0 Å². The van der Waals surface area contributed by atoms with Gasteiger partial charge in [0, 0.05) is 25.7 Å². The summed E-state index contributed by atoms with van der Waals surface area (Å²) >= 11 is 0. The summed E-state index contributed by atoms with van der Waals surface area (Å²) in [5.74, 6) is -0.228. The first-order valence-electron chi connectivity index (χ1n) is 11.4. The summed E-state index contributed by atoms with van der Waals surface area (Å²) in [6.07, 6.45) is 5.26. The standard InChI is InChI=1S/C22H32FN3O5S/c1-32(28,29)24-19-6-4-12-26(22(27)31-17-8-9-17)21(19)15-30-16-10-13-25(14-11-16)20-7-3-2-5-18(20)23/h2-3,5,7,16-17,19,21,24H,4,6,8-15H2,1H3. The minimum absolute atomic E-state index is 0.0185. The van der Waals surface area contributed by atoms with E-state index in [2.05, 4.69) is 4.72 Å². The monoisotopic (exact) mass is 469 g/mol. The topological polar surface area (TPSA) is 88.2 Å². The van der Waals surface area contributed by atoms with Gasteiger partial charge in [-0.25, -0.2) is 22.3 Å². The van der Waals surface area contributed by atoms with Crippen LogP contribution in [0.5, 0.6) is 0 Å². The number of carbonyl (C=O) groups excluding carboxylic acids is 1. The zero-order valence-electron chi connectivity index (χ0n) is 18.4. The van der Waals surface area contributed by atoms with Gasteiger partial charge in [-0.1, -0.05) is 12.1 Å². The fourth-order valence-electron chi connectivity index (χ4n) is 4.50. The van der Waals surface area contributed by atoms with Gasteiger partial charge in [0.2, 0.25) is 10.0 Å². The third kappa shape index (κ3) is 6.11. The second-order valence-electron chi connectivity index (χ2n) is 8.95. The number of piperidine rings is 2. The van der Waals surface area contributed by atoms with E-state index >= 15 is 0 Å². The van der Waals surface area contributed by atoms with E-state index in [9.17, 15) is 17.6 Å². The molecule has 178 valence electrons. The Hall–Kier alpha value is -1.91. The van der Waals surface area contributed by atoms with Crippen LogP contribution < -0.4 is 9.62 Å². The molecular weight excluding hydrogens is 437 g/mol. The molecule has 8 nitrogen and oxygen atoms in total. The molecule has 2 heterocycles. The van der Waals surface area contributed by atoms with Crippen molar-refractivity contribution in [3.05, 3.63) is 30.1 Å². The Balaban J connectivity index is 1.36. The molecule has 4 rings (SSSR count). The van der Waals surface area contributed by atoms with Gasteiger partial charge in [-0.05, 0) is 50.7 Å². The molecule has 1 N–H and O–H groups in total. The molecule has 2 aliphatic heterocycles. The summed E-state index contributed by atoms with van der Waals surface area (Å²) in [5.41, 5.74) is 0.602. The van der Waals surface area contributed by atoms with Crippen LogP contribution in [0.1, 0.15) is 38.5 Å². The summed E-state index contributed by atoms with van der Waals surface area (Å²) in [7, 11) is -3.43. The van der Waals surface area contributed by atoms with E-state index in [1.807, 2.05) is 11.0 Å². The minimum atomic E-state index is -3.43. The zero-order valence-corrected chi connectivity index (χ0v) is 19.2. The molecule has 2 saturated heterocycles. The highest BCUT2D eigenvalue weighted by atomic mass is 32.2. The number of carbonyl (C=O) groups is 1. The Bertz CT molecular complexity index is 903. The minimum Gasteiger partial charge on any atom is -0.446 e. The average molecular weight is 470 g/mol. The van der Waals surface area contributed by atoms with Crippen LogP contribution in [0.3, 0.4) is 0 Å². The van der Waals surface area contributed by atoms with Crippen molar-refractivity contribution in [2.75, 3.05) is 37.4 Å². The molecule has 1 amide bonds. The number of nitrogens with one attached hydrogen (secondary N) is 1. The van der Waals surface area contributed by atoms with Crippen molar-refractivity contribution in [1.82, 2.24) is 9.62 Å². The van der Waals surface area contributed by atoms with Crippen LogP contribution in [0, 0.1) is 5.82 Å². The number of hydrogen-bond donors (Lipinski definition) is 1. The second-order valence-corrected chi connectivity index (χ2v) is 10.7. The van der Waals surface area contributed by atoms with Gasteiger partial charge in [-0.15, -0.1) is 0 Å². The third-order valence-corrected chi connectivity index (χ3v) is 7.04. The van der Waals surface area contributed by atoms with Crippen LogP contribution >= 0.6 is 0 Å². The molecule has 1 aromatic rings. The van der Waals surface area contributed by atoms with Crippen molar-refractivity contribution >= 4 is 21.8 Å². The number of likely N-dealkylation sites (tertiary alicyclic amines) is 1. The van der Waals surface area contributed by atoms with E-state index in [-0.39, 0.29) is 24.6 Å². The molecule has 0 spiro atoms. The van der Waals surface area contributed by atoms with Gasteiger partial charge in [-0.3, -0.25) is 0 Å². The first-order chi connectivity index (χ1) is 15.3. The van der Waals surface area contributed by atoms with E-state index in [0.29, 0.717) is 38.2 Å². The van der Waals surface area contributed by atoms with Crippen LogP contribution in [0.15, 0.2) is 24.3 Å². The maximum Gasteiger partial charge on any atom is 0.410 e. The predicted molar refractivity (Wildman–Crippen MR) is 119 cm³/mol. The lowest BCUT2D eigenvalue weighted by Crippen LogP contribution is -2.59.